The van der Waals surface area contributed by atoms with Crippen LogP contribution in [-0.4, -0.2) is 69.8 Å². The Morgan fingerprint density at radius 1 is 1.31 bits per heavy atom. The van der Waals surface area contributed by atoms with Crippen molar-refractivity contribution in [2.45, 2.75) is 19.4 Å². The number of carboxylic acid groups (broad SMARTS) is 1. The Labute approximate surface area is 149 Å². The van der Waals surface area contributed by atoms with Crippen LogP contribution >= 0.6 is 0 Å². The van der Waals surface area contributed by atoms with Crippen molar-refractivity contribution in [1.29, 1.82) is 0 Å². The van der Waals surface area contributed by atoms with Gasteiger partial charge in [0.15, 0.2) is 5.76 Å². The average Bonchev–Trinajstić information content (AvgIpc) is 2.60. The monoisotopic (exact) mass is 364 g/mol. The lowest BCUT2D eigenvalue weighted by Crippen LogP contribution is -2.50. The molecule has 3 aliphatic heterocycles. The van der Waals surface area contributed by atoms with Gasteiger partial charge >= 0.3 is 5.97 Å². The SMILES string of the molecule is C[C@H]1COC2=C3C(=C(O)C(C(=O)O)=CN31)CC(F)=C2N1CCN(N)CC1. The molecule has 1 aliphatic carbocycles. The third kappa shape index (κ3) is 2.46. The van der Waals surface area contributed by atoms with E-state index in [-0.39, 0.29) is 23.6 Å². The first-order chi connectivity index (χ1) is 12.4. The molecule has 1 fully saturated rings. The predicted molar refractivity (Wildman–Crippen MR) is 89.7 cm³/mol. The number of allylic oxidation sites excluding steroid dienone is 2. The van der Waals surface area contributed by atoms with Crippen molar-refractivity contribution in [3.05, 3.63) is 46.1 Å². The molecule has 0 aromatic heterocycles. The zero-order chi connectivity index (χ0) is 18.6. The van der Waals surface area contributed by atoms with Crippen molar-refractivity contribution in [1.82, 2.24) is 14.8 Å². The maximum Gasteiger partial charge on any atom is 0.340 e. The number of aliphatic hydroxyl groups excluding tert-OH is 1. The van der Waals surface area contributed by atoms with Crippen LogP contribution in [0.2, 0.25) is 0 Å². The van der Waals surface area contributed by atoms with Crippen LogP contribution in [0.4, 0.5) is 4.39 Å². The van der Waals surface area contributed by atoms with Crippen molar-refractivity contribution >= 4 is 5.97 Å². The molecule has 0 amide bonds. The molecule has 8 nitrogen and oxygen atoms in total. The minimum Gasteiger partial charge on any atom is -0.507 e. The quantitative estimate of drug-likeness (QED) is 0.618. The number of nitrogens with two attached hydrogens (primary N) is 1. The molecule has 4 rings (SSSR count). The number of hydrazine groups is 1. The van der Waals surface area contributed by atoms with Gasteiger partial charge in [-0.25, -0.2) is 14.2 Å². The van der Waals surface area contributed by atoms with E-state index in [0.29, 0.717) is 49.9 Å². The molecule has 1 saturated heterocycles. The van der Waals surface area contributed by atoms with Gasteiger partial charge in [0.1, 0.15) is 29.5 Å². The third-order valence-corrected chi connectivity index (χ3v) is 5.18. The summed E-state index contributed by atoms with van der Waals surface area (Å²) in [4.78, 5) is 15.1. The van der Waals surface area contributed by atoms with E-state index in [1.54, 1.807) is 9.91 Å². The number of aliphatic hydroxyl groups is 1. The summed E-state index contributed by atoms with van der Waals surface area (Å²) in [6, 6.07) is -0.130. The summed E-state index contributed by atoms with van der Waals surface area (Å²) in [6.45, 7) is 4.53. The molecule has 140 valence electrons. The van der Waals surface area contributed by atoms with Crippen molar-refractivity contribution in [3.8, 4) is 0 Å². The molecule has 0 spiro atoms. The van der Waals surface area contributed by atoms with Crippen LogP contribution < -0.4 is 5.84 Å². The molecule has 3 heterocycles. The van der Waals surface area contributed by atoms with E-state index in [1.807, 2.05) is 11.8 Å². The van der Waals surface area contributed by atoms with E-state index >= 15 is 4.39 Å². The molecular weight excluding hydrogens is 343 g/mol. The Hall–Kier alpha value is -2.52. The van der Waals surface area contributed by atoms with E-state index in [0.717, 1.165) is 0 Å². The molecule has 0 radical (unpaired) electrons. The van der Waals surface area contributed by atoms with Gasteiger partial charge < -0.3 is 24.7 Å². The van der Waals surface area contributed by atoms with Crippen LogP contribution in [0.25, 0.3) is 0 Å². The highest BCUT2D eigenvalue weighted by Gasteiger charge is 2.42. The van der Waals surface area contributed by atoms with Crippen molar-refractivity contribution in [2.24, 2.45) is 5.84 Å². The van der Waals surface area contributed by atoms with Gasteiger partial charge in [0.25, 0.3) is 0 Å². The van der Waals surface area contributed by atoms with Crippen LogP contribution in [0, 0.1) is 0 Å². The molecule has 9 heteroatoms. The zero-order valence-electron chi connectivity index (χ0n) is 14.4. The van der Waals surface area contributed by atoms with E-state index < -0.39 is 17.6 Å². The summed E-state index contributed by atoms with van der Waals surface area (Å²) in [5, 5.41) is 21.5. The molecular formula is C17H21FN4O4. The lowest BCUT2D eigenvalue weighted by molar-refractivity contribution is -0.132. The van der Waals surface area contributed by atoms with Gasteiger partial charge in [-0.05, 0) is 6.92 Å². The second-order valence-electron chi connectivity index (χ2n) is 6.87. The lowest BCUT2D eigenvalue weighted by Gasteiger charge is -2.45. The first-order valence-electron chi connectivity index (χ1n) is 8.55. The van der Waals surface area contributed by atoms with Gasteiger partial charge in [0.05, 0.1) is 11.7 Å². The number of carbonyl (C=O) groups is 1. The zero-order valence-corrected chi connectivity index (χ0v) is 14.4. The Bertz CT molecular complexity index is 793. The summed E-state index contributed by atoms with van der Waals surface area (Å²) in [6.07, 6.45) is 1.24. The molecule has 0 unspecified atom stereocenters. The van der Waals surface area contributed by atoms with Crippen molar-refractivity contribution in [2.75, 3.05) is 32.8 Å². The van der Waals surface area contributed by atoms with Gasteiger partial charge in [-0.15, -0.1) is 0 Å². The Balaban J connectivity index is 1.82. The molecule has 4 N–H and O–H groups in total. The molecule has 4 aliphatic rings. The number of rotatable bonds is 2. The fourth-order valence-electron chi connectivity index (χ4n) is 3.78. The number of aliphatic carboxylic acids is 1. The first kappa shape index (κ1) is 16.9. The largest absolute Gasteiger partial charge is 0.507 e. The second-order valence-corrected chi connectivity index (χ2v) is 6.87. The average molecular weight is 364 g/mol. The van der Waals surface area contributed by atoms with Crippen LogP contribution in [0.15, 0.2) is 46.1 Å². The summed E-state index contributed by atoms with van der Waals surface area (Å²) < 4.78 is 20.9. The Morgan fingerprint density at radius 2 is 2.00 bits per heavy atom. The molecule has 0 bridgehead atoms. The fraction of sp³-hybridized carbons (Fsp3) is 0.471. The minimum atomic E-state index is -1.25. The highest BCUT2D eigenvalue weighted by Crippen LogP contribution is 2.46. The maximum absolute atomic E-state index is 15.0. The van der Waals surface area contributed by atoms with Crippen LogP contribution in [0.5, 0.6) is 0 Å². The number of ether oxygens (including phenoxy) is 1. The van der Waals surface area contributed by atoms with Crippen LogP contribution in [0.1, 0.15) is 13.3 Å². The fourth-order valence-corrected chi connectivity index (χ4v) is 3.78. The van der Waals surface area contributed by atoms with Gasteiger partial charge in [0.2, 0.25) is 0 Å². The van der Waals surface area contributed by atoms with E-state index in [4.69, 9.17) is 10.6 Å². The number of nitrogens with zero attached hydrogens (tertiary/aromatic N) is 3. The van der Waals surface area contributed by atoms with Gasteiger partial charge in [-0.3, -0.25) is 5.84 Å². The number of carboxylic acids is 1. The standard InChI is InChI=1S/C17H21FN4O4/c1-9-8-26-16-13-10(15(23)11(17(24)25)7-22(9)13)6-12(18)14(16)20-2-4-21(19)5-3-20/h7,9,23H,2-6,8,19H2,1H3,(H,24,25)/t9-/m0/s1. The number of hydrogen-bond acceptors (Lipinski definition) is 7. The summed E-state index contributed by atoms with van der Waals surface area (Å²) >= 11 is 0. The van der Waals surface area contributed by atoms with Crippen molar-refractivity contribution in [3.63, 3.8) is 0 Å². The summed E-state index contributed by atoms with van der Waals surface area (Å²) in [7, 11) is 0. The third-order valence-electron chi connectivity index (χ3n) is 5.18. The van der Waals surface area contributed by atoms with E-state index in [1.165, 1.54) is 6.20 Å². The minimum absolute atomic E-state index is 0.130. The van der Waals surface area contributed by atoms with Crippen LogP contribution in [-0.2, 0) is 9.53 Å². The number of hydrogen-bond donors (Lipinski definition) is 3. The highest BCUT2D eigenvalue weighted by molar-refractivity contribution is 5.92. The van der Waals surface area contributed by atoms with Gasteiger partial charge in [-0.2, -0.15) is 0 Å². The number of halogens is 1. The normalized spacial score (nSPS) is 26.7. The van der Waals surface area contributed by atoms with E-state index in [9.17, 15) is 15.0 Å². The van der Waals surface area contributed by atoms with Crippen LogP contribution in [0.3, 0.4) is 0 Å². The highest BCUT2D eigenvalue weighted by atomic mass is 19.1. The molecule has 1 atom stereocenters. The Kier molecular flexibility index (Phi) is 3.92. The topological polar surface area (TPSA) is 102 Å². The smallest absolute Gasteiger partial charge is 0.340 e. The first-order valence-corrected chi connectivity index (χ1v) is 8.55. The summed E-state index contributed by atoms with van der Waals surface area (Å²) in [5.74, 6) is 4.07. The summed E-state index contributed by atoms with van der Waals surface area (Å²) in [5.41, 5.74) is 0.960. The molecule has 0 aromatic rings. The second kappa shape index (κ2) is 6.03. The molecule has 0 aromatic carbocycles. The van der Waals surface area contributed by atoms with Crippen molar-refractivity contribution < 1.29 is 24.1 Å². The molecule has 26 heavy (non-hydrogen) atoms. The van der Waals surface area contributed by atoms with E-state index in [2.05, 4.69) is 0 Å². The maximum atomic E-state index is 15.0. The number of piperazine rings is 1. The predicted octanol–water partition coefficient (Wildman–Crippen LogP) is 0.789. The van der Waals surface area contributed by atoms with Gasteiger partial charge in [0, 0.05) is 44.4 Å². The Morgan fingerprint density at radius 3 is 2.65 bits per heavy atom. The van der Waals surface area contributed by atoms with Gasteiger partial charge in [-0.1, -0.05) is 0 Å². The lowest BCUT2D eigenvalue weighted by atomic mass is 9.90. The molecule has 0 saturated carbocycles.